The number of nitrogens with zero attached hydrogens (tertiary/aromatic N) is 1. The molecule has 0 saturated heterocycles. The van der Waals surface area contributed by atoms with Crippen LogP contribution < -0.4 is 9.47 Å². The van der Waals surface area contributed by atoms with Crippen molar-refractivity contribution in [2.45, 2.75) is 20.0 Å². The van der Waals surface area contributed by atoms with E-state index in [1.165, 1.54) is 13.2 Å². The van der Waals surface area contributed by atoms with Crippen LogP contribution in [0.1, 0.15) is 19.4 Å². The van der Waals surface area contributed by atoms with Gasteiger partial charge in [0.15, 0.2) is 11.5 Å². The highest BCUT2D eigenvalue weighted by Crippen LogP contribution is 2.32. The van der Waals surface area contributed by atoms with Gasteiger partial charge in [-0.3, -0.25) is 0 Å². The minimum absolute atomic E-state index is 0.100. The summed E-state index contributed by atoms with van der Waals surface area (Å²) in [5.41, 5.74) is 0.139. The second-order valence-electron chi connectivity index (χ2n) is 3.26. The van der Waals surface area contributed by atoms with Gasteiger partial charge in [0.2, 0.25) is 0 Å². The minimum atomic E-state index is -0.514. The van der Waals surface area contributed by atoms with Gasteiger partial charge in [-0.25, -0.2) is 4.39 Å². The molecule has 0 radical (unpaired) electrons. The molecular formula is C11H12FNO2. The second-order valence-corrected chi connectivity index (χ2v) is 3.26. The summed E-state index contributed by atoms with van der Waals surface area (Å²) in [6, 6.07) is 4.19. The van der Waals surface area contributed by atoms with E-state index >= 15 is 0 Å². The number of halogens is 1. The molecule has 0 spiro atoms. The quantitative estimate of drug-likeness (QED) is 0.768. The predicted octanol–water partition coefficient (Wildman–Crippen LogP) is 2.49. The molecule has 0 atom stereocenters. The van der Waals surface area contributed by atoms with Crippen molar-refractivity contribution in [1.29, 1.82) is 5.26 Å². The first-order valence-electron chi connectivity index (χ1n) is 4.52. The topological polar surface area (TPSA) is 42.2 Å². The van der Waals surface area contributed by atoms with Gasteiger partial charge in [-0.2, -0.15) is 5.26 Å². The number of hydrogen-bond donors (Lipinski definition) is 0. The van der Waals surface area contributed by atoms with Crippen molar-refractivity contribution in [2.75, 3.05) is 7.11 Å². The zero-order valence-electron chi connectivity index (χ0n) is 8.87. The van der Waals surface area contributed by atoms with Crippen LogP contribution in [0.3, 0.4) is 0 Å². The molecule has 0 N–H and O–H groups in total. The number of nitriles is 1. The molecule has 1 rings (SSSR count). The molecule has 0 unspecified atom stereocenters. The van der Waals surface area contributed by atoms with Crippen molar-refractivity contribution in [3.8, 4) is 17.6 Å². The van der Waals surface area contributed by atoms with Crippen molar-refractivity contribution in [1.82, 2.24) is 0 Å². The Morgan fingerprint density at radius 1 is 1.40 bits per heavy atom. The van der Waals surface area contributed by atoms with Crippen LogP contribution in [0.2, 0.25) is 0 Å². The van der Waals surface area contributed by atoms with E-state index in [0.29, 0.717) is 0 Å². The standard InChI is InChI=1S/C11H12FNO2/c1-7(2)15-11-8(6-13)4-9(12)5-10(11)14-3/h4-5,7H,1-3H3. The van der Waals surface area contributed by atoms with Gasteiger partial charge in [-0.15, -0.1) is 0 Å². The third-order valence-corrected chi connectivity index (χ3v) is 1.71. The fraction of sp³-hybridized carbons (Fsp3) is 0.364. The minimum Gasteiger partial charge on any atom is -0.493 e. The van der Waals surface area contributed by atoms with Crippen LogP contribution >= 0.6 is 0 Å². The molecule has 0 bridgehead atoms. The average Bonchev–Trinajstić information content (AvgIpc) is 2.19. The molecule has 4 heteroatoms. The Hall–Kier alpha value is -1.76. The summed E-state index contributed by atoms with van der Waals surface area (Å²) in [4.78, 5) is 0. The van der Waals surface area contributed by atoms with Gasteiger partial charge < -0.3 is 9.47 Å². The van der Waals surface area contributed by atoms with Crippen LogP contribution in [0.4, 0.5) is 4.39 Å². The highest BCUT2D eigenvalue weighted by molar-refractivity contribution is 5.52. The molecule has 0 amide bonds. The van der Waals surface area contributed by atoms with Crippen molar-refractivity contribution >= 4 is 0 Å². The predicted molar refractivity (Wildman–Crippen MR) is 53.4 cm³/mol. The molecule has 15 heavy (non-hydrogen) atoms. The normalized spacial score (nSPS) is 9.87. The second kappa shape index (κ2) is 4.65. The van der Waals surface area contributed by atoms with Gasteiger partial charge in [0.05, 0.1) is 13.2 Å². The SMILES string of the molecule is COc1cc(F)cc(C#N)c1OC(C)C. The van der Waals surface area contributed by atoms with Crippen molar-refractivity contribution in [3.63, 3.8) is 0 Å². The third kappa shape index (κ3) is 2.59. The Kier molecular flexibility index (Phi) is 3.51. The van der Waals surface area contributed by atoms with E-state index in [-0.39, 0.29) is 23.2 Å². The lowest BCUT2D eigenvalue weighted by Gasteiger charge is -2.14. The molecule has 0 heterocycles. The molecule has 1 aromatic carbocycles. The number of ether oxygens (including phenoxy) is 2. The highest BCUT2D eigenvalue weighted by Gasteiger charge is 2.14. The van der Waals surface area contributed by atoms with E-state index in [4.69, 9.17) is 14.7 Å². The number of rotatable bonds is 3. The van der Waals surface area contributed by atoms with Crippen molar-refractivity contribution in [3.05, 3.63) is 23.5 Å². The summed E-state index contributed by atoms with van der Waals surface area (Å²) < 4.78 is 23.4. The van der Waals surface area contributed by atoms with E-state index in [9.17, 15) is 4.39 Å². The maximum atomic E-state index is 13.0. The van der Waals surface area contributed by atoms with Crippen LogP contribution in [0.5, 0.6) is 11.5 Å². The lowest BCUT2D eigenvalue weighted by Crippen LogP contribution is -2.08. The van der Waals surface area contributed by atoms with Gasteiger partial charge in [0, 0.05) is 6.07 Å². The number of hydrogen-bond acceptors (Lipinski definition) is 3. The van der Waals surface area contributed by atoms with Gasteiger partial charge in [-0.05, 0) is 19.9 Å². The summed E-state index contributed by atoms with van der Waals surface area (Å²) in [5.74, 6) is 0.0103. The molecule has 3 nitrogen and oxygen atoms in total. The summed E-state index contributed by atoms with van der Waals surface area (Å²) in [7, 11) is 1.41. The molecule has 0 saturated carbocycles. The molecule has 0 fully saturated rings. The zero-order chi connectivity index (χ0) is 11.4. The van der Waals surface area contributed by atoms with Gasteiger partial charge >= 0.3 is 0 Å². The van der Waals surface area contributed by atoms with Crippen LogP contribution in [-0.2, 0) is 0 Å². The molecule has 80 valence electrons. The maximum absolute atomic E-state index is 13.0. The van der Waals surface area contributed by atoms with Crippen LogP contribution in [0, 0.1) is 17.1 Å². The first-order chi connectivity index (χ1) is 7.08. The first-order valence-corrected chi connectivity index (χ1v) is 4.52. The van der Waals surface area contributed by atoms with Crippen molar-refractivity contribution < 1.29 is 13.9 Å². The molecule has 0 aliphatic rings. The lowest BCUT2D eigenvalue weighted by molar-refractivity contribution is 0.229. The van der Waals surface area contributed by atoms with Crippen molar-refractivity contribution in [2.24, 2.45) is 0 Å². The molecular weight excluding hydrogens is 197 g/mol. The first kappa shape index (κ1) is 11.3. The van der Waals surface area contributed by atoms with Gasteiger partial charge in [0.1, 0.15) is 17.4 Å². The third-order valence-electron chi connectivity index (χ3n) is 1.71. The van der Waals surface area contributed by atoms with Crippen LogP contribution in [0.15, 0.2) is 12.1 Å². The number of methoxy groups -OCH3 is 1. The zero-order valence-corrected chi connectivity index (χ0v) is 8.87. The summed E-state index contributed by atoms with van der Waals surface area (Å²) in [5, 5.41) is 8.82. The monoisotopic (exact) mass is 209 g/mol. The van der Waals surface area contributed by atoms with E-state index in [1.807, 2.05) is 19.9 Å². The molecule has 1 aromatic rings. The van der Waals surface area contributed by atoms with E-state index in [1.54, 1.807) is 0 Å². The Bertz CT molecular complexity index is 396. The summed E-state index contributed by atoms with van der Waals surface area (Å²) >= 11 is 0. The van der Waals surface area contributed by atoms with E-state index in [2.05, 4.69) is 0 Å². The Morgan fingerprint density at radius 3 is 2.53 bits per heavy atom. The fourth-order valence-electron chi connectivity index (χ4n) is 1.16. The van der Waals surface area contributed by atoms with Crippen LogP contribution in [-0.4, -0.2) is 13.2 Å². The van der Waals surface area contributed by atoms with Gasteiger partial charge in [-0.1, -0.05) is 0 Å². The van der Waals surface area contributed by atoms with E-state index in [0.717, 1.165) is 6.07 Å². The smallest absolute Gasteiger partial charge is 0.179 e. The summed E-state index contributed by atoms with van der Waals surface area (Å²) in [6.45, 7) is 3.65. The molecule has 0 aromatic heterocycles. The van der Waals surface area contributed by atoms with E-state index < -0.39 is 5.82 Å². The lowest BCUT2D eigenvalue weighted by atomic mass is 10.2. The van der Waals surface area contributed by atoms with Gasteiger partial charge in [0.25, 0.3) is 0 Å². The highest BCUT2D eigenvalue weighted by atomic mass is 19.1. The molecule has 0 aliphatic carbocycles. The largest absolute Gasteiger partial charge is 0.493 e. The summed E-state index contributed by atoms with van der Waals surface area (Å²) in [6.07, 6.45) is -0.100. The Morgan fingerprint density at radius 2 is 2.07 bits per heavy atom. The Labute approximate surface area is 88.0 Å². The molecule has 0 aliphatic heterocycles. The fourth-order valence-corrected chi connectivity index (χ4v) is 1.16. The maximum Gasteiger partial charge on any atom is 0.179 e. The average molecular weight is 209 g/mol. The number of benzene rings is 1. The van der Waals surface area contributed by atoms with Crippen LogP contribution in [0.25, 0.3) is 0 Å². The Balaban J connectivity index is 3.25.